The number of hydrogen-bond donors (Lipinski definition) is 3. The average molecular weight is 674 g/mol. The number of thiazole rings is 1. The van der Waals surface area contributed by atoms with Crippen LogP contribution in [0.5, 0.6) is 0 Å². The summed E-state index contributed by atoms with van der Waals surface area (Å²) in [6.07, 6.45) is 4.54. The second-order valence-electron chi connectivity index (χ2n) is 9.89. The maximum atomic E-state index is 14.1. The van der Waals surface area contributed by atoms with Crippen LogP contribution < -0.4 is 11.1 Å². The number of oxime groups is 1. The fourth-order valence-electron chi connectivity index (χ4n) is 4.87. The summed E-state index contributed by atoms with van der Waals surface area (Å²) in [5, 5.41) is 16.4. The van der Waals surface area contributed by atoms with E-state index in [-0.39, 0.29) is 22.2 Å². The van der Waals surface area contributed by atoms with Gasteiger partial charge in [-0.2, -0.15) is 5.10 Å². The summed E-state index contributed by atoms with van der Waals surface area (Å²) >= 11 is 3.89. The van der Waals surface area contributed by atoms with Crippen LogP contribution in [-0.4, -0.2) is 67.9 Å². The lowest BCUT2D eigenvalue weighted by Gasteiger charge is -2.49. The van der Waals surface area contributed by atoms with Crippen molar-refractivity contribution in [1.82, 2.24) is 25.4 Å². The summed E-state index contributed by atoms with van der Waals surface area (Å²) in [6, 6.07) is 17.9. The molecule has 2 aliphatic rings. The summed E-state index contributed by atoms with van der Waals surface area (Å²) in [6.45, 7) is 0. The third-order valence-corrected chi connectivity index (χ3v) is 10.0. The van der Waals surface area contributed by atoms with Crippen LogP contribution in [-0.2, 0) is 24.0 Å². The standard InChI is InChI=1S/C31H27N7O5S3/c1-42-37-23(21-16-46-31(32)35-21)27(39)36-24-28(40)38-25(22(17-45-29(24)38)44-13-12-18-14-33-34-15-18)30(41)43-26(19-8-4-2-5-9-19)20-10-6-3-7-11-20/h2-16,24,26,29H,17H2,1H3,(H2,32,35)(H,33,34)(H,36,39)/b13-12-,37-23-/t24-,29-/m1/s1. The fraction of sp³-hybridized carbons (Fsp3) is 0.161. The highest BCUT2D eigenvalue weighted by molar-refractivity contribution is 8.08. The zero-order valence-corrected chi connectivity index (χ0v) is 26.7. The molecule has 1 saturated heterocycles. The number of rotatable bonds is 11. The first kappa shape index (κ1) is 31.1. The molecule has 2 aromatic carbocycles. The minimum absolute atomic E-state index is 0.119. The van der Waals surface area contributed by atoms with Gasteiger partial charge in [0.2, 0.25) is 0 Å². The molecule has 0 unspecified atom stereocenters. The van der Waals surface area contributed by atoms with Gasteiger partial charge in [0.15, 0.2) is 16.9 Å². The van der Waals surface area contributed by atoms with Crippen LogP contribution >= 0.6 is 34.9 Å². The van der Waals surface area contributed by atoms with Crippen LogP contribution in [0.4, 0.5) is 5.13 Å². The molecule has 4 N–H and O–H groups in total. The first-order chi connectivity index (χ1) is 22.4. The number of benzene rings is 2. The number of β-lactam (4-membered cyclic amide) rings is 1. The maximum absolute atomic E-state index is 14.1. The number of thioether (sulfide) groups is 2. The molecule has 0 saturated carbocycles. The van der Waals surface area contributed by atoms with Gasteiger partial charge in [0.05, 0.1) is 6.20 Å². The zero-order valence-electron chi connectivity index (χ0n) is 24.2. The van der Waals surface area contributed by atoms with Crippen molar-refractivity contribution in [2.24, 2.45) is 5.16 Å². The highest BCUT2D eigenvalue weighted by Crippen LogP contribution is 2.45. The summed E-state index contributed by atoms with van der Waals surface area (Å²) in [7, 11) is 1.30. The Morgan fingerprint density at radius 1 is 1.17 bits per heavy atom. The van der Waals surface area contributed by atoms with Crippen molar-refractivity contribution in [2.75, 3.05) is 18.6 Å². The monoisotopic (exact) mass is 673 g/mol. The van der Waals surface area contributed by atoms with Crippen LogP contribution in [0.2, 0.25) is 0 Å². The van der Waals surface area contributed by atoms with E-state index in [1.165, 1.54) is 35.5 Å². The Kier molecular flexibility index (Phi) is 9.51. The van der Waals surface area contributed by atoms with E-state index in [2.05, 4.69) is 25.7 Å². The third kappa shape index (κ3) is 6.56. The molecule has 1 fully saturated rings. The smallest absolute Gasteiger partial charge is 0.356 e. The number of nitrogens with one attached hydrogen (secondary N) is 2. The number of carbonyl (C=O) groups is 3. The number of anilines is 1. The predicted molar refractivity (Wildman–Crippen MR) is 178 cm³/mol. The highest BCUT2D eigenvalue weighted by Gasteiger charge is 2.55. The van der Waals surface area contributed by atoms with Crippen molar-refractivity contribution < 1.29 is 24.0 Å². The lowest BCUT2D eigenvalue weighted by molar-refractivity contribution is -0.154. The minimum Gasteiger partial charge on any atom is -0.448 e. The molecule has 4 aromatic rings. The van der Waals surface area contributed by atoms with Gasteiger partial charge in [0.1, 0.15) is 29.9 Å². The Morgan fingerprint density at radius 2 is 1.89 bits per heavy atom. The van der Waals surface area contributed by atoms with Gasteiger partial charge in [0.25, 0.3) is 11.8 Å². The van der Waals surface area contributed by atoms with Crippen molar-refractivity contribution in [3.05, 3.63) is 117 Å². The fourth-order valence-corrected chi connectivity index (χ4v) is 7.77. The molecule has 15 heteroatoms. The lowest BCUT2D eigenvalue weighted by Crippen LogP contribution is -2.71. The molecule has 0 spiro atoms. The lowest BCUT2D eigenvalue weighted by atomic mass is 10.0. The first-order valence-corrected chi connectivity index (χ1v) is 16.7. The summed E-state index contributed by atoms with van der Waals surface area (Å²) in [4.78, 5) is 52.1. The van der Waals surface area contributed by atoms with Crippen molar-refractivity contribution in [2.45, 2.75) is 17.5 Å². The summed E-state index contributed by atoms with van der Waals surface area (Å²) in [5.41, 5.74) is 8.40. The molecular weight excluding hydrogens is 647 g/mol. The topological polar surface area (TPSA) is 165 Å². The van der Waals surface area contributed by atoms with Gasteiger partial charge in [-0.15, -0.1) is 23.1 Å². The number of hydrogen-bond acceptors (Lipinski definition) is 12. The molecule has 2 amide bonds. The number of esters is 1. The second-order valence-corrected chi connectivity index (χ2v) is 12.9. The van der Waals surface area contributed by atoms with E-state index in [0.717, 1.165) is 28.0 Å². The van der Waals surface area contributed by atoms with Crippen molar-refractivity contribution in [3.63, 3.8) is 0 Å². The normalized spacial score (nSPS) is 18.0. The van der Waals surface area contributed by atoms with Crippen LogP contribution in [0.15, 0.2) is 99.6 Å². The molecule has 0 aliphatic carbocycles. The first-order valence-electron chi connectivity index (χ1n) is 13.9. The molecule has 2 aliphatic heterocycles. The molecule has 234 valence electrons. The number of nitrogens with two attached hydrogens (primary N) is 1. The molecule has 0 bridgehead atoms. The molecule has 12 nitrogen and oxygen atoms in total. The van der Waals surface area contributed by atoms with E-state index in [0.29, 0.717) is 10.7 Å². The Hall–Kier alpha value is -4.86. The number of H-pyrrole nitrogens is 1. The number of ether oxygens (including phenoxy) is 1. The van der Waals surface area contributed by atoms with Crippen LogP contribution in [0.25, 0.3) is 6.08 Å². The number of amides is 2. The summed E-state index contributed by atoms with van der Waals surface area (Å²) in [5.74, 6) is -1.37. The average Bonchev–Trinajstić information content (AvgIpc) is 3.77. The van der Waals surface area contributed by atoms with Crippen LogP contribution in [0.1, 0.15) is 28.5 Å². The quantitative estimate of drug-likeness (QED) is 0.0912. The van der Waals surface area contributed by atoms with E-state index >= 15 is 0 Å². The molecule has 6 rings (SSSR count). The number of nitrogens with zero attached hydrogens (tertiary/aromatic N) is 4. The Morgan fingerprint density at radius 3 is 2.50 bits per heavy atom. The zero-order chi connectivity index (χ0) is 32.0. The molecule has 2 aromatic heterocycles. The Bertz CT molecular complexity index is 1770. The number of nitrogen functional groups attached to an aromatic ring is 1. The number of aromatic amines is 1. The van der Waals surface area contributed by atoms with Gasteiger partial charge in [-0.1, -0.05) is 77.6 Å². The Labute approximate surface area is 276 Å². The van der Waals surface area contributed by atoms with Gasteiger partial charge in [0, 0.05) is 27.8 Å². The van der Waals surface area contributed by atoms with E-state index in [9.17, 15) is 14.4 Å². The van der Waals surface area contributed by atoms with E-state index in [1.807, 2.05) is 72.1 Å². The van der Waals surface area contributed by atoms with Crippen molar-refractivity contribution in [1.29, 1.82) is 0 Å². The van der Waals surface area contributed by atoms with Crippen molar-refractivity contribution >= 4 is 69.6 Å². The summed E-state index contributed by atoms with van der Waals surface area (Å²) < 4.78 is 6.20. The predicted octanol–water partition coefficient (Wildman–Crippen LogP) is 4.15. The van der Waals surface area contributed by atoms with Gasteiger partial charge in [-0.3, -0.25) is 19.6 Å². The second kappa shape index (κ2) is 14.1. The number of fused-ring (bicyclic) bond motifs is 1. The van der Waals surface area contributed by atoms with E-state index < -0.39 is 35.3 Å². The van der Waals surface area contributed by atoms with Crippen molar-refractivity contribution in [3.8, 4) is 0 Å². The number of carbonyl (C=O) groups excluding carboxylic acids is 3. The van der Waals surface area contributed by atoms with Gasteiger partial charge in [-0.05, 0) is 22.6 Å². The molecule has 46 heavy (non-hydrogen) atoms. The molecule has 2 atom stereocenters. The van der Waals surface area contributed by atoms with Crippen LogP contribution in [0.3, 0.4) is 0 Å². The van der Waals surface area contributed by atoms with Crippen LogP contribution in [0, 0.1) is 0 Å². The SMILES string of the molecule is CO/N=C(\C(=O)N[C@@H]1C(=O)N2C(C(=O)OC(c3ccccc3)c3ccccc3)=C(S/C=C\c3cn[nH]c3)CS[C@H]12)c1csc(N)n1. The minimum atomic E-state index is -0.926. The van der Waals surface area contributed by atoms with E-state index in [4.69, 9.17) is 15.3 Å². The molecule has 0 radical (unpaired) electrons. The number of aromatic nitrogens is 3. The molecule has 4 heterocycles. The highest BCUT2D eigenvalue weighted by atomic mass is 32.2. The molecular formula is C31H27N7O5S3. The van der Waals surface area contributed by atoms with Gasteiger partial charge in [-0.25, -0.2) is 9.78 Å². The Balaban J connectivity index is 1.28. The third-order valence-electron chi connectivity index (χ3n) is 7.00. The van der Waals surface area contributed by atoms with Gasteiger partial charge < -0.3 is 20.6 Å². The largest absolute Gasteiger partial charge is 0.448 e. The van der Waals surface area contributed by atoms with Gasteiger partial charge >= 0.3 is 5.97 Å². The maximum Gasteiger partial charge on any atom is 0.356 e. The van der Waals surface area contributed by atoms with E-state index in [1.54, 1.807) is 17.8 Å².